The minimum absolute atomic E-state index is 0.0685. The van der Waals surface area contributed by atoms with Crippen LogP contribution in [-0.2, 0) is 27.2 Å². The van der Waals surface area contributed by atoms with Crippen molar-refractivity contribution < 1.29 is 34.8 Å². The first-order valence-corrected chi connectivity index (χ1v) is 13.4. The molecule has 7 heteroatoms. The number of hydrogen-bond acceptors (Lipinski definition) is 7. The highest BCUT2D eigenvalue weighted by Gasteiger charge is 2.60. The Morgan fingerprint density at radius 2 is 1.79 bits per heavy atom. The summed E-state index contributed by atoms with van der Waals surface area (Å²) in [5, 5.41) is 45.1. The molecule has 1 fully saturated rings. The average Bonchev–Trinajstić information content (AvgIpc) is 2.81. The standard InChI is InChI=1S/C31H38O7/c1-14(2)7-8-16(5)9-19-12-21(15(3)4)22-11-18-10-20-13-23(33)24(17(6)32)29(36)31(20,38)30(37)25(18)28(35)26(22)27(19)34/h12,14-15,18,20,34-36,38H,5,7-11,13H2,1-4,6H3/t18-,20+,31-/m1/s1. The van der Waals surface area contributed by atoms with Gasteiger partial charge in [-0.15, -0.1) is 0 Å². The van der Waals surface area contributed by atoms with Crippen molar-refractivity contribution in [2.75, 3.05) is 0 Å². The van der Waals surface area contributed by atoms with Gasteiger partial charge in [-0.3, -0.25) is 14.4 Å². The van der Waals surface area contributed by atoms with Gasteiger partial charge in [0, 0.05) is 17.9 Å². The number of aliphatic hydroxyl groups is 3. The maximum Gasteiger partial charge on any atom is 0.202 e. The highest BCUT2D eigenvalue weighted by atomic mass is 16.3. The highest BCUT2D eigenvalue weighted by Crippen LogP contribution is 2.53. The number of rotatable bonds is 7. The van der Waals surface area contributed by atoms with E-state index in [1.807, 2.05) is 19.9 Å². The summed E-state index contributed by atoms with van der Waals surface area (Å²) in [7, 11) is 0. The molecule has 1 aromatic rings. The van der Waals surface area contributed by atoms with E-state index in [0.29, 0.717) is 24.3 Å². The minimum Gasteiger partial charge on any atom is -0.508 e. The van der Waals surface area contributed by atoms with Crippen molar-refractivity contribution in [3.63, 3.8) is 0 Å². The second kappa shape index (κ2) is 9.84. The molecule has 3 aliphatic rings. The molecule has 0 heterocycles. The lowest BCUT2D eigenvalue weighted by molar-refractivity contribution is -0.147. The number of carbonyl (C=O) groups excluding carboxylic acids is 3. The topological polar surface area (TPSA) is 132 Å². The van der Waals surface area contributed by atoms with Crippen molar-refractivity contribution in [2.45, 2.75) is 84.7 Å². The maximum atomic E-state index is 13.8. The molecule has 0 aliphatic heterocycles. The quantitative estimate of drug-likeness (QED) is 0.286. The smallest absolute Gasteiger partial charge is 0.202 e. The van der Waals surface area contributed by atoms with E-state index >= 15 is 0 Å². The van der Waals surface area contributed by atoms with Crippen LogP contribution in [0, 0.1) is 17.8 Å². The molecule has 0 aromatic heterocycles. The zero-order valence-electron chi connectivity index (χ0n) is 22.9. The summed E-state index contributed by atoms with van der Waals surface area (Å²) < 4.78 is 0. The van der Waals surface area contributed by atoms with E-state index in [9.17, 15) is 34.8 Å². The van der Waals surface area contributed by atoms with Gasteiger partial charge in [0.05, 0.1) is 5.56 Å². The fourth-order valence-corrected chi connectivity index (χ4v) is 6.39. The number of phenolic OH excluding ortho intramolecular Hbond substituents is 1. The van der Waals surface area contributed by atoms with Crippen LogP contribution in [0.15, 0.2) is 35.1 Å². The fraction of sp³-hybridized carbons (Fsp3) is 0.516. The van der Waals surface area contributed by atoms with Gasteiger partial charge in [-0.2, -0.15) is 0 Å². The van der Waals surface area contributed by atoms with Gasteiger partial charge < -0.3 is 20.4 Å². The van der Waals surface area contributed by atoms with Gasteiger partial charge in [0.25, 0.3) is 0 Å². The first-order chi connectivity index (χ1) is 17.7. The molecule has 3 aliphatic carbocycles. The number of hydrogen-bond donors (Lipinski definition) is 4. The van der Waals surface area contributed by atoms with Crippen LogP contribution in [0.3, 0.4) is 0 Å². The summed E-state index contributed by atoms with van der Waals surface area (Å²) in [5.41, 5.74) is 0.289. The number of carbonyl (C=O) groups is 3. The number of benzene rings is 1. The molecule has 0 unspecified atom stereocenters. The summed E-state index contributed by atoms with van der Waals surface area (Å²) in [6.45, 7) is 13.6. The third kappa shape index (κ3) is 4.31. The lowest BCUT2D eigenvalue weighted by Gasteiger charge is -2.46. The Labute approximate surface area is 223 Å². The third-order valence-electron chi connectivity index (χ3n) is 8.42. The summed E-state index contributed by atoms with van der Waals surface area (Å²) in [4.78, 5) is 38.4. The fourth-order valence-electron chi connectivity index (χ4n) is 6.39. The lowest BCUT2D eigenvalue weighted by atomic mass is 9.58. The average molecular weight is 523 g/mol. The van der Waals surface area contributed by atoms with Crippen molar-refractivity contribution >= 4 is 23.1 Å². The van der Waals surface area contributed by atoms with Gasteiger partial charge in [-0.1, -0.05) is 45.9 Å². The largest absolute Gasteiger partial charge is 0.508 e. The molecule has 0 amide bonds. The predicted molar refractivity (Wildman–Crippen MR) is 144 cm³/mol. The number of fused-ring (bicyclic) bond motifs is 3. The van der Waals surface area contributed by atoms with Gasteiger partial charge in [0.15, 0.2) is 17.2 Å². The third-order valence-corrected chi connectivity index (χ3v) is 8.42. The van der Waals surface area contributed by atoms with Crippen LogP contribution < -0.4 is 0 Å². The zero-order valence-corrected chi connectivity index (χ0v) is 22.9. The molecule has 1 aromatic carbocycles. The summed E-state index contributed by atoms with van der Waals surface area (Å²) in [5.74, 6) is -4.60. The predicted octanol–water partition coefficient (Wildman–Crippen LogP) is 5.19. The summed E-state index contributed by atoms with van der Waals surface area (Å²) >= 11 is 0. The molecular weight excluding hydrogens is 484 g/mol. The molecule has 3 atom stereocenters. The Bertz CT molecular complexity index is 1310. The first-order valence-electron chi connectivity index (χ1n) is 13.4. The van der Waals surface area contributed by atoms with Gasteiger partial charge in [0.1, 0.15) is 22.8 Å². The van der Waals surface area contributed by atoms with Crippen molar-refractivity contribution in [1.29, 1.82) is 0 Å². The van der Waals surface area contributed by atoms with E-state index in [0.717, 1.165) is 36.5 Å². The van der Waals surface area contributed by atoms with Crippen LogP contribution in [0.25, 0.3) is 5.76 Å². The Balaban J connectivity index is 1.86. The molecule has 7 nitrogen and oxygen atoms in total. The van der Waals surface area contributed by atoms with E-state index in [-0.39, 0.29) is 35.6 Å². The molecule has 4 N–H and O–H groups in total. The van der Waals surface area contributed by atoms with Crippen molar-refractivity contribution in [2.24, 2.45) is 17.8 Å². The Morgan fingerprint density at radius 3 is 2.37 bits per heavy atom. The molecule has 4 rings (SSSR count). The molecule has 0 spiro atoms. The number of allylic oxidation sites excluding steroid dienone is 2. The Morgan fingerprint density at radius 1 is 1.13 bits per heavy atom. The molecule has 1 saturated carbocycles. The summed E-state index contributed by atoms with van der Waals surface area (Å²) in [6, 6.07) is 1.95. The van der Waals surface area contributed by atoms with Crippen molar-refractivity contribution in [3.8, 4) is 5.75 Å². The molecular formula is C31H38O7. The number of phenols is 1. The monoisotopic (exact) mass is 522 g/mol. The summed E-state index contributed by atoms with van der Waals surface area (Å²) in [6.07, 6.45) is 2.43. The van der Waals surface area contributed by atoms with Gasteiger partial charge in [0.2, 0.25) is 5.78 Å². The Kier molecular flexibility index (Phi) is 7.21. The number of ketones is 3. The van der Waals surface area contributed by atoms with Crippen LogP contribution in [0.5, 0.6) is 5.75 Å². The van der Waals surface area contributed by atoms with Crippen LogP contribution in [0.4, 0.5) is 0 Å². The van der Waals surface area contributed by atoms with Crippen LogP contribution in [0.1, 0.15) is 88.5 Å². The Hall–Kier alpha value is -3.19. The second-order valence-electron chi connectivity index (χ2n) is 11.9. The number of aliphatic hydroxyl groups excluding tert-OH is 2. The van der Waals surface area contributed by atoms with Crippen molar-refractivity contribution in [3.05, 3.63) is 57.4 Å². The van der Waals surface area contributed by atoms with E-state index in [1.165, 1.54) is 0 Å². The lowest BCUT2D eigenvalue weighted by Crippen LogP contribution is -2.57. The van der Waals surface area contributed by atoms with E-state index < -0.39 is 51.9 Å². The minimum atomic E-state index is -2.48. The van der Waals surface area contributed by atoms with E-state index in [4.69, 9.17) is 0 Å². The van der Waals surface area contributed by atoms with Gasteiger partial charge in [-0.05, 0) is 73.5 Å². The number of Topliss-reactive ketones (excluding diaryl/α,β-unsaturated/α-hetero) is 3. The molecule has 204 valence electrons. The molecule has 0 saturated heterocycles. The maximum absolute atomic E-state index is 13.8. The molecule has 0 radical (unpaired) electrons. The zero-order chi connectivity index (χ0) is 28.3. The molecule has 38 heavy (non-hydrogen) atoms. The molecule has 0 bridgehead atoms. The van der Waals surface area contributed by atoms with Crippen LogP contribution >= 0.6 is 0 Å². The SMILES string of the molecule is C=C(CCC(C)C)Cc1cc(C(C)C)c2c(c1O)C(O)=C1C(=O)[C@]3(O)C(O)=C(C(C)=O)C(=O)C[C@@H]3C[C@@H]1C2. The highest BCUT2D eigenvalue weighted by molar-refractivity contribution is 6.23. The second-order valence-corrected chi connectivity index (χ2v) is 11.9. The van der Waals surface area contributed by atoms with E-state index in [2.05, 4.69) is 20.4 Å². The number of aromatic hydroxyl groups is 1. The van der Waals surface area contributed by atoms with Gasteiger partial charge >= 0.3 is 0 Å². The van der Waals surface area contributed by atoms with E-state index in [1.54, 1.807) is 0 Å². The first kappa shape index (κ1) is 27.8. The van der Waals surface area contributed by atoms with Crippen LogP contribution in [-0.4, -0.2) is 43.4 Å². The normalized spacial score (nSPS) is 25.1. The van der Waals surface area contributed by atoms with Gasteiger partial charge in [-0.25, -0.2) is 0 Å². The van der Waals surface area contributed by atoms with Crippen molar-refractivity contribution in [1.82, 2.24) is 0 Å². The van der Waals surface area contributed by atoms with Crippen LogP contribution in [0.2, 0.25) is 0 Å².